The molecule has 0 unspecified atom stereocenters. The van der Waals surface area contributed by atoms with E-state index in [0.717, 1.165) is 11.1 Å². The lowest BCUT2D eigenvalue weighted by Crippen LogP contribution is -1.87. The van der Waals surface area contributed by atoms with Gasteiger partial charge < -0.3 is 5.73 Å². The lowest BCUT2D eigenvalue weighted by Gasteiger charge is -2.02. The number of nitrogens with two attached hydrogens (primary N) is 1. The van der Waals surface area contributed by atoms with Gasteiger partial charge in [-0.15, -0.1) is 0 Å². The van der Waals surface area contributed by atoms with Crippen LogP contribution in [0.2, 0.25) is 5.02 Å². The third kappa shape index (κ3) is 1.86. The Bertz CT molecular complexity index is 411. The van der Waals surface area contributed by atoms with Crippen molar-refractivity contribution in [3.63, 3.8) is 0 Å². The van der Waals surface area contributed by atoms with E-state index in [0.29, 0.717) is 10.7 Å². The molecule has 0 saturated heterocycles. The summed E-state index contributed by atoms with van der Waals surface area (Å²) in [5, 5.41) is 0.713. The van der Waals surface area contributed by atoms with Crippen molar-refractivity contribution in [2.24, 2.45) is 0 Å². The van der Waals surface area contributed by atoms with E-state index in [1.165, 1.54) is 0 Å². The van der Waals surface area contributed by atoms with Crippen molar-refractivity contribution < 1.29 is 0 Å². The SMILES string of the molecule is Nc1cncc(-c2cccc(Cl)c2)c1. The summed E-state index contributed by atoms with van der Waals surface area (Å²) in [5.74, 6) is 0. The number of pyridine rings is 1. The highest BCUT2D eigenvalue weighted by Gasteiger charge is 1.98. The topological polar surface area (TPSA) is 38.9 Å². The fourth-order valence-electron chi connectivity index (χ4n) is 1.28. The van der Waals surface area contributed by atoms with Crippen LogP contribution in [-0.4, -0.2) is 4.98 Å². The van der Waals surface area contributed by atoms with Crippen molar-refractivity contribution >= 4 is 17.3 Å². The van der Waals surface area contributed by atoms with Gasteiger partial charge in [0, 0.05) is 23.0 Å². The van der Waals surface area contributed by atoms with Crippen LogP contribution in [-0.2, 0) is 0 Å². The van der Waals surface area contributed by atoms with Gasteiger partial charge in [0.2, 0.25) is 0 Å². The molecule has 14 heavy (non-hydrogen) atoms. The number of hydrogen-bond donors (Lipinski definition) is 1. The second kappa shape index (κ2) is 3.68. The Morgan fingerprint density at radius 3 is 2.64 bits per heavy atom. The van der Waals surface area contributed by atoms with E-state index < -0.39 is 0 Å². The minimum atomic E-state index is 0.655. The van der Waals surface area contributed by atoms with E-state index in [2.05, 4.69) is 4.98 Å². The van der Waals surface area contributed by atoms with Crippen LogP contribution in [0.1, 0.15) is 0 Å². The summed E-state index contributed by atoms with van der Waals surface area (Å²) in [6, 6.07) is 9.48. The van der Waals surface area contributed by atoms with Gasteiger partial charge in [-0.3, -0.25) is 4.98 Å². The number of anilines is 1. The molecule has 0 saturated carbocycles. The molecule has 2 rings (SSSR count). The van der Waals surface area contributed by atoms with E-state index in [1.54, 1.807) is 12.4 Å². The molecule has 0 aliphatic carbocycles. The van der Waals surface area contributed by atoms with Crippen LogP contribution in [0.5, 0.6) is 0 Å². The summed E-state index contributed by atoms with van der Waals surface area (Å²) in [7, 11) is 0. The minimum Gasteiger partial charge on any atom is -0.397 e. The molecule has 1 aromatic heterocycles. The maximum absolute atomic E-state index is 5.88. The van der Waals surface area contributed by atoms with Crippen LogP contribution in [0, 0.1) is 0 Å². The average molecular weight is 205 g/mol. The molecule has 70 valence electrons. The van der Waals surface area contributed by atoms with Crippen LogP contribution in [0.25, 0.3) is 11.1 Å². The van der Waals surface area contributed by atoms with Crippen LogP contribution in [0.3, 0.4) is 0 Å². The molecule has 2 aromatic rings. The molecular weight excluding hydrogens is 196 g/mol. The van der Waals surface area contributed by atoms with Crippen LogP contribution < -0.4 is 5.73 Å². The number of aromatic nitrogens is 1. The highest BCUT2D eigenvalue weighted by atomic mass is 35.5. The number of hydrogen-bond acceptors (Lipinski definition) is 2. The predicted molar refractivity (Wildman–Crippen MR) is 59.1 cm³/mol. The first-order chi connectivity index (χ1) is 6.75. The number of rotatable bonds is 1. The summed E-state index contributed by atoms with van der Waals surface area (Å²) in [5.41, 5.74) is 8.30. The fraction of sp³-hybridized carbons (Fsp3) is 0. The van der Waals surface area contributed by atoms with Crippen molar-refractivity contribution in [2.45, 2.75) is 0 Å². The van der Waals surface area contributed by atoms with Crippen LogP contribution in [0.15, 0.2) is 42.7 Å². The monoisotopic (exact) mass is 204 g/mol. The Kier molecular flexibility index (Phi) is 2.37. The minimum absolute atomic E-state index is 0.655. The summed E-state index contributed by atoms with van der Waals surface area (Å²) in [6.07, 6.45) is 3.38. The lowest BCUT2D eigenvalue weighted by molar-refractivity contribution is 1.33. The smallest absolute Gasteiger partial charge is 0.0506 e. The number of nitrogens with zero attached hydrogens (tertiary/aromatic N) is 1. The van der Waals surface area contributed by atoms with Gasteiger partial charge in [0.05, 0.1) is 5.69 Å². The molecule has 0 bridgehead atoms. The molecule has 3 heteroatoms. The van der Waals surface area contributed by atoms with Crippen LogP contribution in [0.4, 0.5) is 5.69 Å². The highest BCUT2D eigenvalue weighted by molar-refractivity contribution is 6.30. The molecule has 2 N–H and O–H groups in total. The summed E-state index contributed by atoms with van der Waals surface area (Å²) >= 11 is 5.88. The Morgan fingerprint density at radius 2 is 1.93 bits per heavy atom. The van der Waals surface area contributed by atoms with Crippen molar-refractivity contribution in [2.75, 3.05) is 5.73 Å². The highest BCUT2D eigenvalue weighted by Crippen LogP contribution is 2.22. The Morgan fingerprint density at radius 1 is 1.07 bits per heavy atom. The molecule has 1 heterocycles. The largest absolute Gasteiger partial charge is 0.397 e. The molecular formula is C11H9ClN2. The van der Waals surface area contributed by atoms with Gasteiger partial charge in [-0.05, 0) is 23.8 Å². The van der Waals surface area contributed by atoms with Crippen molar-refractivity contribution in [3.05, 3.63) is 47.7 Å². The maximum Gasteiger partial charge on any atom is 0.0506 e. The third-order valence-corrected chi connectivity index (χ3v) is 2.15. The number of nitrogen functional groups attached to an aromatic ring is 1. The molecule has 0 atom stereocenters. The molecule has 0 aliphatic rings. The zero-order valence-corrected chi connectivity index (χ0v) is 8.20. The standard InChI is InChI=1S/C11H9ClN2/c12-10-3-1-2-8(4-10)9-5-11(13)7-14-6-9/h1-7H,13H2. The second-order valence-corrected chi connectivity index (χ2v) is 3.45. The zero-order valence-electron chi connectivity index (χ0n) is 7.44. The quantitative estimate of drug-likeness (QED) is 0.776. The Labute approximate surface area is 87.4 Å². The fourth-order valence-corrected chi connectivity index (χ4v) is 1.47. The van der Waals surface area contributed by atoms with Gasteiger partial charge in [-0.1, -0.05) is 23.7 Å². The molecule has 0 spiro atoms. The summed E-state index contributed by atoms with van der Waals surface area (Å²) in [6.45, 7) is 0. The first-order valence-corrected chi connectivity index (χ1v) is 4.60. The molecule has 0 radical (unpaired) electrons. The maximum atomic E-state index is 5.88. The van der Waals surface area contributed by atoms with E-state index in [9.17, 15) is 0 Å². The van der Waals surface area contributed by atoms with Gasteiger partial charge in [0.25, 0.3) is 0 Å². The molecule has 0 amide bonds. The molecule has 0 fully saturated rings. The molecule has 0 aliphatic heterocycles. The third-order valence-electron chi connectivity index (χ3n) is 1.92. The van der Waals surface area contributed by atoms with E-state index in [4.69, 9.17) is 17.3 Å². The Hall–Kier alpha value is -1.54. The van der Waals surface area contributed by atoms with Gasteiger partial charge in [-0.25, -0.2) is 0 Å². The van der Waals surface area contributed by atoms with E-state index in [-0.39, 0.29) is 0 Å². The van der Waals surface area contributed by atoms with Crippen molar-refractivity contribution in [1.29, 1.82) is 0 Å². The Balaban J connectivity index is 2.49. The normalized spacial score (nSPS) is 10.1. The van der Waals surface area contributed by atoms with Crippen molar-refractivity contribution in [3.8, 4) is 11.1 Å². The number of benzene rings is 1. The van der Waals surface area contributed by atoms with Crippen molar-refractivity contribution in [1.82, 2.24) is 4.98 Å². The van der Waals surface area contributed by atoms with Gasteiger partial charge in [-0.2, -0.15) is 0 Å². The van der Waals surface area contributed by atoms with Gasteiger partial charge in [0.15, 0.2) is 0 Å². The predicted octanol–water partition coefficient (Wildman–Crippen LogP) is 2.98. The van der Waals surface area contributed by atoms with E-state index >= 15 is 0 Å². The second-order valence-electron chi connectivity index (χ2n) is 3.02. The number of halogens is 1. The average Bonchev–Trinajstić information content (AvgIpc) is 2.18. The first kappa shape index (κ1) is 9.03. The first-order valence-electron chi connectivity index (χ1n) is 4.22. The molecule has 2 nitrogen and oxygen atoms in total. The lowest BCUT2D eigenvalue weighted by atomic mass is 10.1. The van der Waals surface area contributed by atoms with Gasteiger partial charge >= 0.3 is 0 Å². The van der Waals surface area contributed by atoms with Crippen LogP contribution >= 0.6 is 11.6 Å². The summed E-state index contributed by atoms with van der Waals surface area (Å²) < 4.78 is 0. The zero-order chi connectivity index (χ0) is 9.97. The van der Waals surface area contributed by atoms with E-state index in [1.807, 2.05) is 30.3 Å². The van der Waals surface area contributed by atoms with Gasteiger partial charge in [0.1, 0.15) is 0 Å². The molecule has 1 aromatic carbocycles. The summed E-state index contributed by atoms with van der Waals surface area (Å²) in [4.78, 5) is 4.02.